The molecule has 0 spiro atoms. The second-order valence-electron chi connectivity index (χ2n) is 11.2. The number of benzene rings is 1. The summed E-state index contributed by atoms with van der Waals surface area (Å²) in [5, 5.41) is 0. The molecule has 0 N–H and O–H groups in total. The van der Waals surface area contributed by atoms with Crippen LogP contribution in [0.2, 0.25) is 0 Å². The lowest BCUT2D eigenvalue weighted by atomic mass is 10.0. The van der Waals surface area contributed by atoms with Crippen molar-refractivity contribution in [1.29, 1.82) is 0 Å². The molecule has 1 aromatic rings. The van der Waals surface area contributed by atoms with Crippen LogP contribution in [0.1, 0.15) is 99.6 Å². The number of rotatable bonds is 12. The molecule has 0 aliphatic carbocycles. The van der Waals surface area contributed by atoms with E-state index in [-0.39, 0.29) is 22.3 Å². The van der Waals surface area contributed by atoms with E-state index < -0.39 is 0 Å². The summed E-state index contributed by atoms with van der Waals surface area (Å²) in [4.78, 5) is 9.56. The third-order valence-corrected chi connectivity index (χ3v) is 5.37. The third kappa shape index (κ3) is 12.8. The Balaban J connectivity index is 2.59. The molecule has 0 aliphatic heterocycles. The van der Waals surface area contributed by atoms with Gasteiger partial charge in [0, 0.05) is 25.6 Å². The molecule has 176 valence electrons. The quantitative estimate of drug-likeness (QED) is 0.339. The van der Waals surface area contributed by atoms with Gasteiger partial charge in [-0.2, -0.15) is 0 Å². The number of aliphatic imine (C=N–C) groups is 2. The van der Waals surface area contributed by atoms with Crippen LogP contribution >= 0.6 is 0 Å². The smallest absolute Gasteiger partial charge is 0.0623 e. The first kappa shape index (κ1) is 27.5. The lowest BCUT2D eigenvalue weighted by molar-refractivity contribution is -0.0257. The number of hydrogen-bond donors (Lipinski definition) is 0. The predicted molar refractivity (Wildman–Crippen MR) is 135 cm³/mol. The molecule has 4 heteroatoms. The summed E-state index contributed by atoms with van der Waals surface area (Å²) in [6, 6.07) is 8.36. The van der Waals surface area contributed by atoms with Gasteiger partial charge in [0.05, 0.1) is 22.3 Å². The Kier molecular flexibility index (Phi) is 10.1. The van der Waals surface area contributed by atoms with Crippen LogP contribution in [0, 0.1) is 0 Å². The second-order valence-corrected chi connectivity index (χ2v) is 11.2. The number of nitrogens with zero attached hydrogens (tertiary/aromatic N) is 2. The van der Waals surface area contributed by atoms with Crippen LogP contribution in [0.4, 0.5) is 0 Å². The Morgan fingerprint density at radius 3 is 1.42 bits per heavy atom. The monoisotopic (exact) mass is 430 g/mol. The lowest BCUT2D eigenvalue weighted by Crippen LogP contribution is -2.27. The molecule has 0 atom stereocenters. The fraction of sp³-hybridized carbons (Fsp3) is 0.704. The maximum atomic E-state index is 5.98. The molecular formula is C27H46N2O2. The average Bonchev–Trinajstić information content (AvgIpc) is 2.64. The van der Waals surface area contributed by atoms with Crippen LogP contribution in [0.25, 0.3) is 0 Å². The standard InChI is InChI=1S/C27H46N2O2/c1-11-27(9,10)31-19-17-26(7,8)29-21-23-14-12-22(13-15-23)20-28-25(5,6)16-18-30-24(2,3)4/h12-15,20-21H,11,16-19H2,1-10H3. The molecule has 1 aromatic carbocycles. The van der Waals surface area contributed by atoms with Gasteiger partial charge in [0.25, 0.3) is 0 Å². The second kappa shape index (κ2) is 11.4. The summed E-state index contributed by atoms with van der Waals surface area (Å²) in [7, 11) is 0. The van der Waals surface area contributed by atoms with Crippen molar-refractivity contribution in [3.8, 4) is 0 Å². The SMILES string of the molecule is CCC(C)(C)OCCC(C)(C)N=Cc1ccc(C=NC(C)(C)CCOC(C)(C)C)cc1. The summed E-state index contributed by atoms with van der Waals surface area (Å²) in [5.41, 5.74) is 1.72. The van der Waals surface area contributed by atoms with Gasteiger partial charge in [-0.15, -0.1) is 0 Å². The van der Waals surface area contributed by atoms with Crippen LogP contribution in [0.5, 0.6) is 0 Å². The molecular weight excluding hydrogens is 384 g/mol. The van der Waals surface area contributed by atoms with Crippen LogP contribution < -0.4 is 0 Å². The number of hydrogen-bond acceptors (Lipinski definition) is 4. The molecule has 0 saturated heterocycles. The van der Waals surface area contributed by atoms with Crippen molar-refractivity contribution in [2.24, 2.45) is 9.98 Å². The summed E-state index contributed by atoms with van der Waals surface area (Å²) in [6.45, 7) is 22.7. The Hall–Kier alpha value is -1.52. The van der Waals surface area contributed by atoms with Gasteiger partial charge in [-0.3, -0.25) is 9.98 Å². The molecule has 0 unspecified atom stereocenters. The Morgan fingerprint density at radius 2 is 1.06 bits per heavy atom. The third-order valence-electron chi connectivity index (χ3n) is 5.37. The molecule has 0 aromatic heterocycles. The van der Waals surface area contributed by atoms with E-state index in [1.165, 1.54) is 0 Å². The fourth-order valence-electron chi connectivity index (χ4n) is 2.58. The van der Waals surface area contributed by atoms with Gasteiger partial charge < -0.3 is 9.47 Å². The molecule has 1 rings (SSSR count). The maximum Gasteiger partial charge on any atom is 0.0623 e. The average molecular weight is 431 g/mol. The van der Waals surface area contributed by atoms with Crippen LogP contribution in [0.15, 0.2) is 34.3 Å². The van der Waals surface area contributed by atoms with E-state index in [0.29, 0.717) is 6.61 Å². The highest BCUT2D eigenvalue weighted by molar-refractivity contribution is 5.84. The van der Waals surface area contributed by atoms with E-state index in [2.05, 4.69) is 93.5 Å². The first-order valence-electron chi connectivity index (χ1n) is 11.6. The molecule has 4 nitrogen and oxygen atoms in total. The van der Waals surface area contributed by atoms with E-state index in [1.54, 1.807) is 0 Å². The van der Waals surface area contributed by atoms with E-state index >= 15 is 0 Å². The molecule has 0 saturated carbocycles. The zero-order chi connectivity index (χ0) is 23.8. The van der Waals surface area contributed by atoms with Crippen molar-refractivity contribution >= 4 is 12.4 Å². The van der Waals surface area contributed by atoms with Gasteiger partial charge in [-0.05, 0) is 92.7 Å². The van der Waals surface area contributed by atoms with Crippen LogP contribution in [0.3, 0.4) is 0 Å². The number of ether oxygens (including phenoxy) is 2. The van der Waals surface area contributed by atoms with E-state index in [4.69, 9.17) is 19.5 Å². The molecule has 31 heavy (non-hydrogen) atoms. The molecule has 0 heterocycles. The maximum absolute atomic E-state index is 5.98. The van der Waals surface area contributed by atoms with Gasteiger partial charge in [0.2, 0.25) is 0 Å². The molecule has 0 amide bonds. The van der Waals surface area contributed by atoms with Crippen molar-refractivity contribution < 1.29 is 9.47 Å². The van der Waals surface area contributed by atoms with Crippen molar-refractivity contribution in [2.75, 3.05) is 13.2 Å². The van der Waals surface area contributed by atoms with E-state index in [1.807, 2.05) is 12.4 Å². The largest absolute Gasteiger partial charge is 0.376 e. The van der Waals surface area contributed by atoms with Crippen molar-refractivity contribution in [3.63, 3.8) is 0 Å². The van der Waals surface area contributed by atoms with Crippen molar-refractivity contribution in [2.45, 2.75) is 111 Å². The minimum absolute atomic E-state index is 0.0641. The Bertz CT molecular complexity index is 708. The molecule has 0 fully saturated rings. The highest BCUT2D eigenvalue weighted by Crippen LogP contribution is 2.20. The normalized spacial score (nSPS) is 14.1. The predicted octanol–water partition coefficient (Wildman–Crippen LogP) is 6.88. The van der Waals surface area contributed by atoms with Gasteiger partial charge in [-0.25, -0.2) is 0 Å². The highest BCUT2D eigenvalue weighted by Gasteiger charge is 2.20. The van der Waals surface area contributed by atoms with Gasteiger partial charge in [0.15, 0.2) is 0 Å². The Labute approximate surface area is 191 Å². The zero-order valence-corrected chi connectivity index (χ0v) is 21.7. The van der Waals surface area contributed by atoms with Crippen molar-refractivity contribution in [1.82, 2.24) is 0 Å². The summed E-state index contributed by atoms with van der Waals surface area (Å²) < 4.78 is 11.8. The van der Waals surface area contributed by atoms with Crippen LogP contribution in [-0.2, 0) is 9.47 Å². The van der Waals surface area contributed by atoms with Crippen molar-refractivity contribution in [3.05, 3.63) is 35.4 Å². The van der Waals surface area contributed by atoms with Gasteiger partial charge in [-0.1, -0.05) is 31.2 Å². The minimum atomic E-state index is -0.150. The minimum Gasteiger partial charge on any atom is -0.376 e. The lowest BCUT2D eigenvalue weighted by Gasteiger charge is -2.26. The molecule has 0 bridgehead atoms. The van der Waals surface area contributed by atoms with Gasteiger partial charge in [0.1, 0.15) is 0 Å². The summed E-state index contributed by atoms with van der Waals surface area (Å²) in [5.74, 6) is 0. The summed E-state index contributed by atoms with van der Waals surface area (Å²) in [6.07, 6.45) is 6.70. The fourth-order valence-corrected chi connectivity index (χ4v) is 2.58. The van der Waals surface area contributed by atoms with E-state index in [0.717, 1.165) is 37.0 Å². The van der Waals surface area contributed by atoms with Gasteiger partial charge >= 0.3 is 0 Å². The summed E-state index contributed by atoms with van der Waals surface area (Å²) >= 11 is 0. The topological polar surface area (TPSA) is 43.2 Å². The zero-order valence-electron chi connectivity index (χ0n) is 21.7. The van der Waals surface area contributed by atoms with Crippen LogP contribution in [-0.4, -0.2) is 47.9 Å². The Morgan fingerprint density at radius 1 is 0.677 bits per heavy atom. The highest BCUT2D eigenvalue weighted by atomic mass is 16.5. The van der Waals surface area contributed by atoms with E-state index in [9.17, 15) is 0 Å². The molecule has 0 radical (unpaired) electrons. The first-order valence-corrected chi connectivity index (χ1v) is 11.6. The first-order chi connectivity index (χ1) is 14.1. The molecule has 0 aliphatic rings.